The van der Waals surface area contributed by atoms with E-state index >= 15 is 0 Å². The van der Waals surface area contributed by atoms with Gasteiger partial charge in [-0.3, -0.25) is 4.79 Å². The van der Waals surface area contributed by atoms with Crippen LogP contribution in [0.25, 0.3) is 11.3 Å². The molecule has 0 radical (unpaired) electrons. The van der Waals surface area contributed by atoms with Gasteiger partial charge in [-0.2, -0.15) is 0 Å². The van der Waals surface area contributed by atoms with Crippen molar-refractivity contribution < 1.29 is 9.90 Å². The Morgan fingerprint density at radius 3 is 2.71 bits per heavy atom. The summed E-state index contributed by atoms with van der Waals surface area (Å²) in [7, 11) is 0. The van der Waals surface area contributed by atoms with Crippen molar-refractivity contribution in [3.63, 3.8) is 0 Å². The second-order valence-corrected chi connectivity index (χ2v) is 5.81. The molecule has 0 spiro atoms. The van der Waals surface area contributed by atoms with Gasteiger partial charge in [0.1, 0.15) is 18.0 Å². The topological polar surface area (TPSA) is 80.0 Å². The molecule has 0 bridgehead atoms. The van der Waals surface area contributed by atoms with Crippen LogP contribution in [-0.4, -0.2) is 26.0 Å². The number of hydrogen-bond donors (Lipinski definition) is 2. The molecular weight excluding hydrogens is 328 g/mol. The minimum absolute atomic E-state index is 0.00605. The maximum atomic E-state index is 12.1. The van der Waals surface area contributed by atoms with Crippen molar-refractivity contribution in [1.29, 1.82) is 0 Å². The lowest BCUT2D eigenvalue weighted by atomic mass is 10.2. The number of aromatic nitrogens is 3. The molecule has 0 aliphatic carbocycles. The van der Waals surface area contributed by atoms with E-state index in [4.69, 9.17) is 11.6 Å². The molecule has 0 fully saturated rings. The van der Waals surface area contributed by atoms with Crippen molar-refractivity contribution in [3.05, 3.63) is 59.2 Å². The van der Waals surface area contributed by atoms with Gasteiger partial charge in [-0.25, -0.2) is 4.68 Å². The lowest BCUT2D eigenvalue weighted by molar-refractivity contribution is -0.116. The fourth-order valence-corrected chi connectivity index (χ4v) is 2.34. The van der Waals surface area contributed by atoms with Crippen molar-refractivity contribution >= 4 is 23.2 Å². The molecule has 3 aromatic rings. The molecule has 122 valence electrons. The number of anilines is 1. The van der Waals surface area contributed by atoms with Gasteiger partial charge in [-0.1, -0.05) is 35.0 Å². The zero-order valence-electron chi connectivity index (χ0n) is 12.9. The Labute approximate surface area is 143 Å². The van der Waals surface area contributed by atoms with Gasteiger partial charge in [0.05, 0.1) is 11.9 Å². The van der Waals surface area contributed by atoms with Crippen molar-refractivity contribution in [1.82, 2.24) is 15.0 Å². The highest BCUT2D eigenvalue weighted by molar-refractivity contribution is 6.30. The van der Waals surface area contributed by atoms with E-state index in [0.29, 0.717) is 16.4 Å². The number of phenols is 1. The first-order chi connectivity index (χ1) is 11.5. The third-order valence-corrected chi connectivity index (χ3v) is 3.66. The van der Waals surface area contributed by atoms with E-state index in [0.717, 1.165) is 11.1 Å². The average molecular weight is 343 g/mol. The molecule has 6 nitrogen and oxygen atoms in total. The predicted octanol–water partition coefficient (Wildman–Crippen LogP) is 3.25. The zero-order valence-corrected chi connectivity index (χ0v) is 13.7. The summed E-state index contributed by atoms with van der Waals surface area (Å²) >= 11 is 5.86. The summed E-state index contributed by atoms with van der Waals surface area (Å²) in [4.78, 5) is 12.1. The second-order valence-electron chi connectivity index (χ2n) is 5.38. The molecule has 1 aromatic heterocycles. The summed E-state index contributed by atoms with van der Waals surface area (Å²) in [6.45, 7) is 1.85. The summed E-state index contributed by atoms with van der Waals surface area (Å²) < 4.78 is 1.44. The molecule has 2 aromatic carbocycles. The molecule has 24 heavy (non-hydrogen) atoms. The standard InChI is InChI=1S/C17H15ClN4O2/c1-11-2-7-14(16(23)8-11)19-17(24)10-22-9-15(20-21-22)12-3-5-13(18)6-4-12/h2-9,23H,10H2,1H3,(H,19,24). The lowest BCUT2D eigenvalue weighted by Crippen LogP contribution is -2.19. The molecular formula is C17H15ClN4O2. The first-order valence-electron chi connectivity index (χ1n) is 7.27. The average Bonchev–Trinajstić information content (AvgIpc) is 2.99. The van der Waals surface area contributed by atoms with Gasteiger partial charge in [0.25, 0.3) is 0 Å². The van der Waals surface area contributed by atoms with E-state index in [-0.39, 0.29) is 18.2 Å². The van der Waals surface area contributed by atoms with Crippen LogP contribution < -0.4 is 5.32 Å². The Hall–Kier alpha value is -2.86. The molecule has 0 unspecified atom stereocenters. The number of carbonyl (C=O) groups is 1. The fraction of sp³-hybridized carbons (Fsp3) is 0.118. The molecule has 2 N–H and O–H groups in total. The third kappa shape index (κ3) is 3.72. The van der Waals surface area contributed by atoms with Crippen LogP contribution in [0, 0.1) is 6.92 Å². The van der Waals surface area contributed by atoms with Crippen molar-refractivity contribution in [2.45, 2.75) is 13.5 Å². The minimum atomic E-state index is -0.304. The zero-order chi connectivity index (χ0) is 17.1. The second kappa shape index (κ2) is 6.72. The number of aryl methyl sites for hydroxylation is 1. The van der Waals surface area contributed by atoms with E-state index in [9.17, 15) is 9.90 Å². The number of rotatable bonds is 4. The first-order valence-corrected chi connectivity index (χ1v) is 7.64. The van der Waals surface area contributed by atoms with Crippen LogP contribution in [0.2, 0.25) is 5.02 Å². The van der Waals surface area contributed by atoms with E-state index in [2.05, 4.69) is 15.6 Å². The molecule has 3 rings (SSSR count). The Bertz CT molecular complexity index is 875. The highest BCUT2D eigenvalue weighted by Gasteiger charge is 2.10. The lowest BCUT2D eigenvalue weighted by Gasteiger charge is -2.07. The van der Waals surface area contributed by atoms with E-state index in [1.54, 1.807) is 30.5 Å². The normalized spacial score (nSPS) is 10.6. The van der Waals surface area contributed by atoms with E-state index in [1.165, 1.54) is 4.68 Å². The monoisotopic (exact) mass is 342 g/mol. The SMILES string of the molecule is Cc1ccc(NC(=O)Cn2cc(-c3ccc(Cl)cc3)nn2)c(O)c1. The Kier molecular flexibility index (Phi) is 4.48. The van der Waals surface area contributed by atoms with Gasteiger partial charge in [-0.05, 0) is 36.8 Å². The number of hydrogen-bond acceptors (Lipinski definition) is 4. The van der Waals surface area contributed by atoms with Crippen LogP contribution in [0.15, 0.2) is 48.7 Å². The fourth-order valence-electron chi connectivity index (χ4n) is 2.21. The van der Waals surface area contributed by atoms with Gasteiger partial charge >= 0.3 is 0 Å². The molecule has 0 aliphatic heterocycles. The van der Waals surface area contributed by atoms with Crippen molar-refractivity contribution in [2.24, 2.45) is 0 Å². The van der Waals surface area contributed by atoms with E-state index < -0.39 is 0 Å². The van der Waals surface area contributed by atoms with Gasteiger partial charge in [0.2, 0.25) is 5.91 Å². The molecule has 0 atom stereocenters. The highest BCUT2D eigenvalue weighted by atomic mass is 35.5. The highest BCUT2D eigenvalue weighted by Crippen LogP contribution is 2.24. The number of halogens is 1. The number of phenolic OH excluding ortho intramolecular Hbond substituents is 1. The van der Waals surface area contributed by atoms with Crippen LogP contribution in [-0.2, 0) is 11.3 Å². The predicted molar refractivity (Wildman–Crippen MR) is 91.9 cm³/mol. The molecule has 0 saturated carbocycles. The Morgan fingerprint density at radius 1 is 1.25 bits per heavy atom. The summed E-state index contributed by atoms with van der Waals surface area (Å²) in [6.07, 6.45) is 1.68. The quantitative estimate of drug-likeness (QED) is 0.713. The van der Waals surface area contributed by atoms with Crippen LogP contribution in [0.4, 0.5) is 5.69 Å². The maximum Gasteiger partial charge on any atom is 0.246 e. The van der Waals surface area contributed by atoms with Crippen molar-refractivity contribution in [2.75, 3.05) is 5.32 Å². The van der Waals surface area contributed by atoms with Gasteiger partial charge in [-0.15, -0.1) is 5.10 Å². The van der Waals surface area contributed by atoms with Gasteiger partial charge in [0.15, 0.2) is 0 Å². The summed E-state index contributed by atoms with van der Waals surface area (Å²) in [6, 6.07) is 12.3. The number of aromatic hydroxyl groups is 1. The number of nitrogens with one attached hydrogen (secondary N) is 1. The smallest absolute Gasteiger partial charge is 0.246 e. The Balaban J connectivity index is 1.68. The molecule has 0 saturated heterocycles. The molecule has 1 heterocycles. The van der Waals surface area contributed by atoms with Crippen molar-refractivity contribution in [3.8, 4) is 17.0 Å². The summed E-state index contributed by atoms with van der Waals surface area (Å²) in [5, 5.41) is 21.1. The van der Waals surface area contributed by atoms with Crippen LogP contribution in [0.5, 0.6) is 5.75 Å². The summed E-state index contributed by atoms with van der Waals surface area (Å²) in [5.41, 5.74) is 2.79. The molecule has 0 aliphatic rings. The van der Waals surface area contributed by atoms with Gasteiger partial charge in [0, 0.05) is 10.6 Å². The first kappa shape index (κ1) is 16.0. The maximum absolute atomic E-state index is 12.1. The molecule has 7 heteroatoms. The summed E-state index contributed by atoms with van der Waals surface area (Å²) in [5.74, 6) is -0.273. The Morgan fingerprint density at radius 2 is 2.00 bits per heavy atom. The van der Waals surface area contributed by atoms with E-state index in [1.807, 2.05) is 25.1 Å². The largest absolute Gasteiger partial charge is 0.506 e. The number of carbonyl (C=O) groups excluding carboxylic acids is 1. The number of nitrogens with zero attached hydrogens (tertiary/aromatic N) is 3. The van der Waals surface area contributed by atoms with Crippen LogP contribution >= 0.6 is 11.6 Å². The number of amides is 1. The minimum Gasteiger partial charge on any atom is -0.506 e. The molecule has 1 amide bonds. The van der Waals surface area contributed by atoms with Crippen LogP contribution in [0.1, 0.15) is 5.56 Å². The van der Waals surface area contributed by atoms with Gasteiger partial charge < -0.3 is 10.4 Å². The number of benzene rings is 2. The third-order valence-electron chi connectivity index (χ3n) is 3.41. The van der Waals surface area contributed by atoms with Crippen LogP contribution in [0.3, 0.4) is 0 Å².